The smallest absolute Gasteiger partial charge is 0.253 e. The fourth-order valence-corrected chi connectivity index (χ4v) is 2.56. The standard InChI is InChI=1S/C14H23N3OS/c1-10(9-19-5)17(4)14(18)11-6-7-13(16(2)3)12(15)8-11/h6-8,10H,9,15H2,1-5H3. The predicted octanol–water partition coefficient (Wildman–Crippen LogP) is 2.16. The van der Waals surface area contributed by atoms with E-state index in [1.807, 2.05) is 51.4 Å². The number of thioether (sulfide) groups is 1. The Balaban J connectivity index is 2.92. The first-order chi connectivity index (χ1) is 8.88. The van der Waals surface area contributed by atoms with Crippen LogP contribution in [0.25, 0.3) is 0 Å². The lowest BCUT2D eigenvalue weighted by Crippen LogP contribution is -2.36. The summed E-state index contributed by atoms with van der Waals surface area (Å²) < 4.78 is 0. The van der Waals surface area contributed by atoms with E-state index < -0.39 is 0 Å². The average Bonchev–Trinajstić information content (AvgIpc) is 2.36. The molecule has 1 aromatic rings. The summed E-state index contributed by atoms with van der Waals surface area (Å²) in [5.41, 5.74) is 8.17. The number of carbonyl (C=O) groups excluding carboxylic acids is 1. The van der Waals surface area contributed by atoms with Gasteiger partial charge in [-0.05, 0) is 31.4 Å². The van der Waals surface area contributed by atoms with E-state index in [1.165, 1.54) is 0 Å². The van der Waals surface area contributed by atoms with Gasteiger partial charge in [0.1, 0.15) is 0 Å². The Morgan fingerprint density at radius 3 is 2.47 bits per heavy atom. The van der Waals surface area contributed by atoms with Gasteiger partial charge in [0.15, 0.2) is 0 Å². The fourth-order valence-electron chi connectivity index (χ4n) is 1.85. The lowest BCUT2D eigenvalue weighted by molar-refractivity contribution is 0.0757. The second-order valence-electron chi connectivity index (χ2n) is 4.89. The van der Waals surface area contributed by atoms with Crippen molar-refractivity contribution in [2.75, 3.05) is 43.8 Å². The van der Waals surface area contributed by atoms with E-state index in [0.717, 1.165) is 11.4 Å². The van der Waals surface area contributed by atoms with Crippen LogP contribution in [0.3, 0.4) is 0 Å². The summed E-state index contributed by atoms with van der Waals surface area (Å²) >= 11 is 1.73. The summed E-state index contributed by atoms with van der Waals surface area (Å²) in [6.45, 7) is 2.05. The third kappa shape index (κ3) is 3.80. The SMILES string of the molecule is CSCC(C)N(C)C(=O)c1ccc(N(C)C)c(N)c1. The number of amides is 1. The molecule has 1 rings (SSSR count). The highest BCUT2D eigenvalue weighted by molar-refractivity contribution is 7.98. The van der Waals surface area contributed by atoms with Crippen molar-refractivity contribution in [3.63, 3.8) is 0 Å². The van der Waals surface area contributed by atoms with Crippen molar-refractivity contribution in [2.45, 2.75) is 13.0 Å². The molecule has 1 aromatic carbocycles. The van der Waals surface area contributed by atoms with Crippen LogP contribution in [0.4, 0.5) is 11.4 Å². The zero-order chi connectivity index (χ0) is 14.6. The van der Waals surface area contributed by atoms with E-state index in [1.54, 1.807) is 22.7 Å². The van der Waals surface area contributed by atoms with Gasteiger partial charge in [0.05, 0.1) is 11.4 Å². The van der Waals surface area contributed by atoms with Crippen molar-refractivity contribution in [1.29, 1.82) is 0 Å². The molecule has 0 aliphatic carbocycles. The van der Waals surface area contributed by atoms with Gasteiger partial charge in [-0.3, -0.25) is 4.79 Å². The topological polar surface area (TPSA) is 49.6 Å². The van der Waals surface area contributed by atoms with Crippen LogP contribution in [0.15, 0.2) is 18.2 Å². The van der Waals surface area contributed by atoms with Crippen LogP contribution in [0, 0.1) is 0 Å². The Hall–Kier alpha value is -1.36. The zero-order valence-electron chi connectivity index (χ0n) is 12.3. The fraction of sp³-hybridized carbons (Fsp3) is 0.500. The van der Waals surface area contributed by atoms with Gasteiger partial charge in [0.25, 0.3) is 5.91 Å². The molecule has 19 heavy (non-hydrogen) atoms. The van der Waals surface area contributed by atoms with Gasteiger partial charge in [0.2, 0.25) is 0 Å². The summed E-state index contributed by atoms with van der Waals surface area (Å²) in [6, 6.07) is 5.67. The van der Waals surface area contributed by atoms with E-state index in [9.17, 15) is 4.79 Å². The van der Waals surface area contributed by atoms with Crippen LogP contribution in [-0.4, -0.2) is 50.0 Å². The minimum Gasteiger partial charge on any atom is -0.397 e. The van der Waals surface area contributed by atoms with Crippen LogP contribution in [-0.2, 0) is 0 Å². The molecule has 1 unspecified atom stereocenters. The molecule has 2 N–H and O–H groups in total. The Morgan fingerprint density at radius 1 is 1.37 bits per heavy atom. The van der Waals surface area contributed by atoms with E-state index in [2.05, 4.69) is 0 Å². The van der Waals surface area contributed by atoms with Crippen molar-refractivity contribution in [3.8, 4) is 0 Å². The first kappa shape index (κ1) is 15.7. The molecule has 0 radical (unpaired) electrons. The van der Waals surface area contributed by atoms with Gasteiger partial charge in [-0.2, -0.15) is 11.8 Å². The Morgan fingerprint density at radius 2 is 2.00 bits per heavy atom. The molecule has 5 heteroatoms. The molecule has 0 saturated carbocycles. The van der Waals surface area contributed by atoms with E-state index >= 15 is 0 Å². The molecule has 0 aromatic heterocycles. The summed E-state index contributed by atoms with van der Waals surface area (Å²) in [6.07, 6.45) is 2.04. The Labute approximate surface area is 119 Å². The van der Waals surface area contributed by atoms with Crippen molar-refractivity contribution in [1.82, 2.24) is 4.90 Å². The van der Waals surface area contributed by atoms with Gasteiger partial charge in [-0.15, -0.1) is 0 Å². The molecule has 0 fully saturated rings. The maximum atomic E-state index is 12.3. The minimum absolute atomic E-state index is 0.0126. The lowest BCUT2D eigenvalue weighted by atomic mass is 10.1. The normalized spacial score (nSPS) is 12.1. The number of carbonyl (C=O) groups is 1. The number of rotatable bonds is 5. The van der Waals surface area contributed by atoms with Gasteiger partial charge in [-0.25, -0.2) is 0 Å². The summed E-state index contributed by atoms with van der Waals surface area (Å²) in [5.74, 6) is 0.937. The van der Waals surface area contributed by atoms with E-state index in [4.69, 9.17) is 5.73 Å². The molecular formula is C14H23N3OS. The summed E-state index contributed by atoms with van der Waals surface area (Å²) in [4.78, 5) is 16.0. The van der Waals surface area contributed by atoms with Crippen LogP contribution < -0.4 is 10.6 Å². The van der Waals surface area contributed by atoms with Gasteiger partial charge in [0, 0.05) is 38.5 Å². The van der Waals surface area contributed by atoms with Crippen molar-refractivity contribution < 1.29 is 4.79 Å². The molecule has 1 atom stereocenters. The quantitative estimate of drug-likeness (QED) is 0.840. The van der Waals surface area contributed by atoms with Gasteiger partial charge < -0.3 is 15.5 Å². The maximum Gasteiger partial charge on any atom is 0.253 e. The number of nitrogen functional groups attached to an aromatic ring is 1. The van der Waals surface area contributed by atoms with Crippen LogP contribution >= 0.6 is 11.8 Å². The number of nitrogens with two attached hydrogens (primary N) is 1. The molecule has 0 bridgehead atoms. The molecule has 0 aliphatic rings. The monoisotopic (exact) mass is 281 g/mol. The third-order valence-electron chi connectivity index (χ3n) is 3.15. The second-order valence-corrected chi connectivity index (χ2v) is 5.80. The summed E-state index contributed by atoms with van der Waals surface area (Å²) in [7, 11) is 5.69. The number of anilines is 2. The molecule has 0 heterocycles. The molecule has 0 saturated heterocycles. The van der Waals surface area contributed by atoms with E-state index in [-0.39, 0.29) is 11.9 Å². The number of nitrogens with zero attached hydrogens (tertiary/aromatic N) is 2. The highest BCUT2D eigenvalue weighted by atomic mass is 32.2. The largest absolute Gasteiger partial charge is 0.397 e. The highest BCUT2D eigenvalue weighted by Gasteiger charge is 2.18. The molecule has 1 amide bonds. The molecular weight excluding hydrogens is 258 g/mol. The first-order valence-electron chi connectivity index (χ1n) is 6.21. The lowest BCUT2D eigenvalue weighted by Gasteiger charge is -2.25. The van der Waals surface area contributed by atoms with Crippen molar-refractivity contribution in [2.24, 2.45) is 0 Å². The van der Waals surface area contributed by atoms with Crippen molar-refractivity contribution in [3.05, 3.63) is 23.8 Å². The number of hydrogen-bond donors (Lipinski definition) is 1. The van der Waals surface area contributed by atoms with E-state index in [0.29, 0.717) is 11.3 Å². The second kappa shape index (κ2) is 6.70. The van der Waals surface area contributed by atoms with Crippen LogP contribution in [0.5, 0.6) is 0 Å². The zero-order valence-corrected chi connectivity index (χ0v) is 13.1. The highest BCUT2D eigenvalue weighted by Crippen LogP contribution is 2.23. The Kier molecular flexibility index (Phi) is 5.54. The first-order valence-corrected chi connectivity index (χ1v) is 7.60. The average molecular weight is 281 g/mol. The van der Waals surface area contributed by atoms with Crippen LogP contribution in [0.2, 0.25) is 0 Å². The summed E-state index contributed by atoms with van der Waals surface area (Å²) in [5, 5.41) is 0. The number of hydrogen-bond acceptors (Lipinski definition) is 4. The van der Waals surface area contributed by atoms with Crippen molar-refractivity contribution >= 4 is 29.0 Å². The number of benzene rings is 1. The molecule has 4 nitrogen and oxygen atoms in total. The van der Waals surface area contributed by atoms with Crippen LogP contribution in [0.1, 0.15) is 17.3 Å². The molecule has 0 aliphatic heterocycles. The maximum absolute atomic E-state index is 12.3. The predicted molar refractivity (Wildman–Crippen MR) is 85.1 cm³/mol. The van der Waals surface area contributed by atoms with Gasteiger partial charge >= 0.3 is 0 Å². The third-order valence-corrected chi connectivity index (χ3v) is 3.96. The van der Waals surface area contributed by atoms with Gasteiger partial charge in [-0.1, -0.05) is 0 Å². The molecule has 0 spiro atoms. The molecule has 106 valence electrons. The Bertz CT molecular complexity index is 448. The minimum atomic E-state index is 0.0126.